The molecular formula is C14H11N3O5S. The van der Waals surface area contributed by atoms with Gasteiger partial charge in [-0.2, -0.15) is 8.42 Å². The van der Waals surface area contributed by atoms with E-state index in [2.05, 4.69) is 4.83 Å². The van der Waals surface area contributed by atoms with Gasteiger partial charge in [0.25, 0.3) is 15.7 Å². The summed E-state index contributed by atoms with van der Waals surface area (Å²) in [7, 11) is -4.01. The molecule has 0 radical (unpaired) electrons. The third-order valence-corrected chi connectivity index (χ3v) is 4.58. The molecule has 0 fully saturated rings. The Balaban J connectivity index is 2.00. The van der Waals surface area contributed by atoms with Crippen LogP contribution in [-0.4, -0.2) is 23.1 Å². The molecule has 23 heavy (non-hydrogen) atoms. The van der Waals surface area contributed by atoms with Gasteiger partial charge < -0.3 is 5.11 Å². The molecule has 8 nitrogen and oxygen atoms in total. The molecule has 0 unspecified atom stereocenters. The van der Waals surface area contributed by atoms with Gasteiger partial charge in [-0.25, -0.2) is 9.51 Å². The molecule has 118 valence electrons. The molecule has 0 amide bonds. The normalized spacial score (nSPS) is 11.5. The zero-order valence-electron chi connectivity index (χ0n) is 11.6. The first-order valence-electron chi connectivity index (χ1n) is 6.45. The largest absolute Gasteiger partial charge is 0.493 e. The predicted octanol–water partition coefficient (Wildman–Crippen LogP) is 2.19. The third kappa shape index (κ3) is 2.69. The zero-order valence-corrected chi connectivity index (χ0v) is 12.4. The summed E-state index contributed by atoms with van der Waals surface area (Å²) in [6, 6.07) is 12.7. The van der Waals surface area contributed by atoms with Crippen LogP contribution in [0.25, 0.3) is 10.9 Å². The summed E-state index contributed by atoms with van der Waals surface area (Å²) in [5.41, 5.74) is 0.272. The van der Waals surface area contributed by atoms with Crippen LogP contribution in [0, 0.1) is 10.1 Å². The Hall–Kier alpha value is -3.07. The van der Waals surface area contributed by atoms with E-state index in [1.54, 1.807) is 24.3 Å². The number of hydrogen-bond acceptors (Lipinski definition) is 5. The first-order chi connectivity index (χ1) is 10.9. The first-order valence-corrected chi connectivity index (χ1v) is 7.93. The van der Waals surface area contributed by atoms with Crippen molar-refractivity contribution in [1.82, 2.24) is 4.68 Å². The summed E-state index contributed by atoms with van der Waals surface area (Å²) in [6.45, 7) is 0. The van der Waals surface area contributed by atoms with Gasteiger partial charge >= 0.3 is 0 Å². The number of nitro benzene ring substituents is 1. The number of rotatable bonds is 4. The van der Waals surface area contributed by atoms with Crippen molar-refractivity contribution < 1.29 is 18.4 Å². The number of aromatic hydroxyl groups is 1. The summed E-state index contributed by atoms with van der Waals surface area (Å²) >= 11 is 0. The van der Waals surface area contributed by atoms with Crippen LogP contribution in [0.3, 0.4) is 0 Å². The molecular weight excluding hydrogens is 322 g/mol. The van der Waals surface area contributed by atoms with Crippen molar-refractivity contribution in [2.75, 3.05) is 4.83 Å². The van der Waals surface area contributed by atoms with Gasteiger partial charge in [0.1, 0.15) is 0 Å². The van der Waals surface area contributed by atoms with Gasteiger partial charge in [-0.1, -0.05) is 18.2 Å². The Labute approximate surface area is 130 Å². The van der Waals surface area contributed by atoms with Crippen molar-refractivity contribution in [1.29, 1.82) is 0 Å². The fraction of sp³-hybridized carbons (Fsp3) is 0. The number of hydrogen-bond donors (Lipinski definition) is 2. The minimum atomic E-state index is -4.01. The third-order valence-electron chi connectivity index (χ3n) is 3.26. The van der Waals surface area contributed by atoms with Crippen LogP contribution in [-0.2, 0) is 10.0 Å². The van der Waals surface area contributed by atoms with Gasteiger partial charge in [0.2, 0.25) is 5.88 Å². The van der Waals surface area contributed by atoms with E-state index in [9.17, 15) is 23.6 Å². The number of nitro groups is 1. The molecule has 2 aromatic carbocycles. The molecule has 0 aliphatic rings. The van der Waals surface area contributed by atoms with Crippen molar-refractivity contribution in [3.05, 3.63) is 64.7 Å². The standard InChI is InChI=1S/C14H11N3O5S/c18-14-9-10-3-1-2-4-13(10)16(14)15-23(21,22)12-7-5-11(6-8-12)17(19)20/h1-9,15,18H. The van der Waals surface area contributed by atoms with Crippen LogP contribution in [0.4, 0.5) is 5.69 Å². The van der Waals surface area contributed by atoms with Crippen molar-refractivity contribution >= 4 is 26.6 Å². The van der Waals surface area contributed by atoms with Crippen LogP contribution in [0.5, 0.6) is 5.88 Å². The highest BCUT2D eigenvalue weighted by molar-refractivity contribution is 7.92. The first kappa shape index (κ1) is 14.9. The lowest BCUT2D eigenvalue weighted by molar-refractivity contribution is -0.384. The van der Waals surface area contributed by atoms with E-state index >= 15 is 0 Å². The molecule has 0 bridgehead atoms. The molecule has 0 aliphatic heterocycles. The summed E-state index contributed by atoms with van der Waals surface area (Å²) in [6.07, 6.45) is 0. The quantitative estimate of drug-likeness (QED) is 0.561. The van der Waals surface area contributed by atoms with Gasteiger partial charge in [-0.15, -0.1) is 0 Å². The average molecular weight is 333 g/mol. The molecule has 0 spiro atoms. The molecule has 0 saturated carbocycles. The van der Waals surface area contributed by atoms with Crippen molar-refractivity contribution in [3.63, 3.8) is 0 Å². The van der Waals surface area contributed by atoms with Crippen LogP contribution in [0.1, 0.15) is 0 Å². The molecule has 9 heteroatoms. The average Bonchev–Trinajstić information content (AvgIpc) is 2.83. The Kier molecular flexibility index (Phi) is 3.41. The number of non-ortho nitro benzene ring substituents is 1. The molecule has 3 aromatic rings. The lowest BCUT2D eigenvalue weighted by Gasteiger charge is -2.11. The number of nitrogens with one attached hydrogen (secondary N) is 1. The van der Waals surface area contributed by atoms with E-state index < -0.39 is 14.9 Å². The minimum absolute atomic E-state index is 0.153. The second-order valence-electron chi connectivity index (χ2n) is 4.74. The zero-order chi connectivity index (χ0) is 16.6. The highest BCUT2D eigenvalue weighted by atomic mass is 32.2. The maximum atomic E-state index is 12.4. The number of benzene rings is 2. The maximum Gasteiger partial charge on any atom is 0.275 e. The number of aromatic nitrogens is 1. The Morgan fingerprint density at radius 2 is 1.74 bits per heavy atom. The fourth-order valence-corrected chi connectivity index (χ4v) is 3.19. The van der Waals surface area contributed by atoms with Crippen LogP contribution < -0.4 is 4.83 Å². The van der Waals surface area contributed by atoms with Gasteiger partial charge in [0, 0.05) is 23.6 Å². The van der Waals surface area contributed by atoms with Crippen molar-refractivity contribution in [2.24, 2.45) is 0 Å². The summed E-state index contributed by atoms with van der Waals surface area (Å²) < 4.78 is 25.8. The second-order valence-corrected chi connectivity index (χ2v) is 6.40. The second kappa shape index (κ2) is 5.29. The number of nitrogens with zero attached hydrogens (tertiary/aromatic N) is 2. The maximum absolute atomic E-state index is 12.4. The van der Waals surface area contributed by atoms with E-state index in [0.717, 1.165) is 28.9 Å². The molecule has 1 aromatic heterocycles. The van der Waals surface area contributed by atoms with Crippen LogP contribution >= 0.6 is 0 Å². The molecule has 2 N–H and O–H groups in total. The highest BCUT2D eigenvalue weighted by Crippen LogP contribution is 2.24. The summed E-state index contributed by atoms with van der Waals surface area (Å²) in [4.78, 5) is 12.1. The van der Waals surface area contributed by atoms with Crippen LogP contribution in [0.15, 0.2) is 59.5 Å². The highest BCUT2D eigenvalue weighted by Gasteiger charge is 2.18. The molecule has 0 atom stereocenters. The Morgan fingerprint density at radius 3 is 2.39 bits per heavy atom. The Morgan fingerprint density at radius 1 is 1.09 bits per heavy atom. The van der Waals surface area contributed by atoms with E-state index in [0.29, 0.717) is 10.9 Å². The predicted molar refractivity (Wildman–Crippen MR) is 83.2 cm³/mol. The van der Waals surface area contributed by atoms with Gasteiger partial charge in [0.15, 0.2) is 0 Å². The minimum Gasteiger partial charge on any atom is -0.493 e. The number of fused-ring (bicyclic) bond motifs is 1. The van der Waals surface area contributed by atoms with Gasteiger partial charge in [-0.3, -0.25) is 10.1 Å². The van der Waals surface area contributed by atoms with E-state index in [4.69, 9.17) is 0 Å². The Bertz CT molecular complexity index is 993. The fourth-order valence-electron chi connectivity index (χ4n) is 2.16. The number of sulfonamides is 1. The number of para-hydroxylation sites is 1. The summed E-state index contributed by atoms with van der Waals surface area (Å²) in [5.74, 6) is -0.267. The van der Waals surface area contributed by atoms with Gasteiger partial charge in [0.05, 0.1) is 15.3 Å². The lowest BCUT2D eigenvalue weighted by Crippen LogP contribution is -2.22. The van der Waals surface area contributed by atoms with Crippen molar-refractivity contribution in [3.8, 4) is 5.88 Å². The van der Waals surface area contributed by atoms with Crippen molar-refractivity contribution in [2.45, 2.75) is 4.90 Å². The lowest BCUT2D eigenvalue weighted by atomic mass is 10.3. The molecule has 0 aliphatic carbocycles. The van der Waals surface area contributed by atoms with Gasteiger partial charge in [-0.05, 0) is 18.2 Å². The topological polar surface area (TPSA) is 114 Å². The monoisotopic (exact) mass is 333 g/mol. The molecule has 1 heterocycles. The smallest absolute Gasteiger partial charge is 0.275 e. The van der Waals surface area contributed by atoms with E-state index in [1.165, 1.54) is 6.07 Å². The molecule has 3 rings (SSSR count). The SMILES string of the molecule is O=[N+]([O-])c1ccc(S(=O)(=O)Nn2c(O)cc3ccccc32)cc1. The summed E-state index contributed by atoms with van der Waals surface area (Å²) in [5, 5.41) is 21.2. The molecule has 0 saturated heterocycles. The van der Waals surface area contributed by atoms with E-state index in [-0.39, 0.29) is 16.5 Å². The van der Waals surface area contributed by atoms with Crippen LogP contribution in [0.2, 0.25) is 0 Å². The van der Waals surface area contributed by atoms with E-state index in [1.807, 2.05) is 0 Å².